The lowest BCUT2D eigenvalue weighted by atomic mass is 10.2. The summed E-state index contributed by atoms with van der Waals surface area (Å²) in [5.41, 5.74) is 7.54. The molecule has 0 fully saturated rings. The molecule has 0 spiro atoms. The number of anilines is 1. The van der Waals surface area contributed by atoms with E-state index in [1.165, 1.54) is 0 Å². The molecule has 88 valence electrons. The molecule has 0 aliphatic carbocycles. The summed E-state index contributed by atoms with van der Waals surface area (Å²) in [6, 6.07) is 6.02. The first-order valence-corrected chi connectivity index (χ1v) is 6.74. The molecule has 17 heavy (non-hydrogen) atoms. The Bertz CT molecular complexity index is 577. The van der Waals surface area contributed by atoms with Gasteiger partial charge in [-0.1, -0.05) is 6.07 Å². The Morgan fingerprint density at radius 3 is 2.88 bits per heavy atom. The van der Waals surface area contributed by atoms with E-state index in [0.717, 1.165) is 19.3 Å². The van der Waals surface area contributed by atoms with E-state index >= 15 is 0 Å². The summed E-state index contributed by atoms with van der Waals surface area (Å²) >= 11 is 5.74. The van der Waals surface area contributed by atoms with Crippen molar-refractivity contribution in [1.29, 1.82) is 0 Å². The predicted octanol–water partition coefficient (Wildman–Crippen LogP) is 3.02. The van der Waals surface area contributed by atoms with E-state index in [0.29, 0.717) is 5.95 Å². The molecule has 2 aromatic rings. The Kier molecular flexibility index (Phi) is 3.82. The van der Waals surface area contributed by atoms with Crippen LogP contribution in [0.25, 0.3) is 0 Å². The van der Waals surface area contributed by atoms with Gasteiger partial charge in [0.1, 0.15) is 0 Å². The average Bonchev–Trinajstić information content (AvgIpc) is 2.59. The molecule has 0 atom stereocenters. The molecule has 6 heteroatoms. The molecule has 0 saturated heterocycles. The van der Waals surface area contributed by atoms with Gasteiger partial charge in [0.2, 0.25) is 5.95 Å². The van der Waals surface area contributed by atoms with E-state index in [1.54, 1.807) is 17.1 Å². The number of imidazole rings is 1. The van der Waals surface area contributed by atoms with E-state index in [1.807, 2.05) is 25.1 Å². The van der Waals surface area contributed by atoms with Crippen molar-refractivity contribution < 1.29 is 0 Å². The Labute approximate surface area is 121 Å². The van der Waals surface area contributed by atoms with Crippen LogP contribution in [0.4, 0.5) is 5.95 Å². The van der Waals surface area contributed by atoms with Gasteiger partial charge in [0.15, 0.2) is 0 Å². The summed E-state index contributed by atoms with van der Waals surface area (Å²) in [6.07, 6.45) is 3.53. The standard InChI is InChI=1S/C11H10BrIN4/c1-7-6-17(11(14)16-7)15-5-8-2-3-10(13)9(12)4-8/h2-6H,1H3,(H2,14,16). The van der Waals surface area contributed by atoms with Gasteiger partial charge in [-0.3, -0.25) is 0 Å². The van der Waals surface area contributed by atoms with Gasteiger partial charge in [-0.05, 0) is 63.1 Å². The molecule has 2 rings (SSSR count). The fraction of sp³-hybridized carbons (Fsp3) is 0.0909. The first-order chi connectivity index (χ1) is 8.06. The van der Waals surface area contributed by atoms with Crippen molar-refractivity contribution in [3.63, 3.8) is 0 Å². The average molecular weight is 405 g/mol. The van der Waals surface area contributed by atoms with E-state index in [9.17, 15) is 0 Å². The SMILES string of the molecule is Cc1cn(N=Cc2ccc(I)c(Br)c2)c(N)n1. The Hall–Kier alpha value is -0.890. The highest BCUT2D eigenvalue weighted by molar-refractivity contribution is 14.1. The van der Waals surface area contributed by atoms with E-state index < -0.39 is 0 Å². The summed E-state index contributed by atoms with van der Waals surface area (Å²) in [4.78, 5) is 4.07. The highest BCUT2D eigenvalue weighted by atomic mass is 127. The minimum absolute atomic E-state index is 0.392. The summed E-state index contributed by atoms with van der Waals surface area (Å²) in [5, 5.41) is 4.25. The number of halogens is 2. The van der Waals surface area contributed by atoms with Crippen molar-refractivity contribution in [2.75, 3.05) is 5.73 Å². The summed E-state index contributed by atoms with van der Waals surface area (Å²) in [5.74, 6) is 0.392. The molecule has 0 saturated carbocycles. The van der Waals surface area contributed by atoms with Crippen LogP contribution in [0.15, 0.2) is 34.0 Å². The monoisotopic (exact) mass is 404 g/mol. The fourth-order valence-electron chi connectivity index (χ4n) is 1.32. The van der Waals surface area contributed by atoms with Gasteiger partial charge in [-0.2, -0.15) is 5.10 Å². The molecule has 0 unspecified atom stereocenters. The molecular weight excluding hydrogens is 395 g/mol. The van der Waals surface area contributed by atoms with Crippen LogP contribution in [-0.2, 0) is 0 Å². The van der Waals surface area contributed by atoms with Gasteiger partial charge in [-0.15, -0.1) is 0 Å². The molecule has 0 bridgehead atoms. The summed E-state index contributed by atoms with van der Waals surface area (Å²) < 4.78 is 3.77. The van der Waals surface area contributed by atoms with E-state index in [2.05, 4.69) is 48.6 Å². The number of aryl methyl sites for hydroxylation is 1. The minimum Gasteiger partial charge on any atom is -0.368 e. The second kappa shape index (κ2) is 5.18. The fourth-order valence-corrected chi connectivity index (χ4v) is 2.05. The maximum absolute atomic E-state index is 5.69. The Morgan fingerprint density at radius 2 is 2.29 bits per heavy atom. The van der Waals surface area contributed by atoms with E-state index in [-0.39, 0.29) is 0 Å². The number of rotatable bonds is 2. The quantitative estimate of drug-likeness (QED) is 0.617. The van der Waals surface area contributed by atoms with Crippen LogP contribution in [0.5, 0.6) is 0 Å². The largest absolute Gasteiger partial charge is 0.368 e. The van der Waals surface area contributed by atoms with Crippen molar-refractivity contribution in [1.82, 2.24) is 9.66 Å². The van der Waals surface area contributed by atoms with Crippen molar-refractivity contribution in [2.24, 2.45) is 5.10 Å². The second-order valence-corrected chi connectivity index (χ2v) is 5.52. The number of hydrogen-bond donors (Lipinski definition) is 1. The van der Waals surface area contributed by atoms with Gasteiger partial charge in [-0.25, -0.2) is 9.66 Å². The number of benzene rings is 1. The van der Waals surface area contributed by atoms with Gasteiger partial charge in [0, 0.05) is 8.04 Å². The molecular formula is C11H10BrIN4. The zero-order valence-electron chi connectivity index (χ0n) is 9.06. The number of hydrogen-bond acceptors (Lipinski definition) is 3. The maximum atomic E-state index is 5.69. The molecule has 4 nitrogen and oxygen atoms in total. The van der Waals surface area contributed by atoms with Crippen LogP contribution >= 0.6 is 38.5 Å². The van der Waals surface area contributed by atoms with Gasteiger partial charge >= 0.3 is 0 Å². The number of nitrogens with two attached hydrogens (primary N) is 1. The summed E-state index contributed by atoms with van der Waals surface area (Å²) in [7, 11) is 0. The van der Waals surface area contributed by atoms with Crippen molar-refractivity contribution in [3.8, 4) is 0 Å². The van der Waals surface area contributed by atoms with Crippen LogP contribution in [0.2, 0.25) is 0 Å². The number of nitrogen functional groups attached to an aromatic ring is 1. The molecule has 0 radical (unpaired) electrons. The second-order valence-electron chi connectivity index (χ2n) is 3.50. The lowest BCUT2D eigenvalue weighted by Crippen LogP contribution is -1.97. The van der Waals surface area contributed by atoms with Gasteiger partial charge < -0.3 is 5.73 Å². The van der Waals surface area contributed by atoms with Crippen LogP contribution in [0.1, 0.15) is 11.3 Å². The topological polar surface area (TPSA) is 56.2 Å². The van der Waals surface area contributed by atoms with Crippen LogP contribution in [0, 0.1) is 10.5 Å². The van der Waals surface area contributed by atoms with Crippen LogP contribution in [-0.4, -0.2) is 15.9 Å². The number of nitrogens with zero attached hydrogens (tertiary/aromatic N) is 3. The molecule has 0 aliphatic heterocycles. The minimum atomic E-state index is 0.392. The smallest absolute Gasteiger partial charge is 0.221 e. The van der Waals surface area contributed by atoms with Crippen LogP contribution < -0.4 is 5.73 Å². The van der Waals surface area contributed by atoms with Crippen molar-refractivity contribution in [3.05, 3.63) is 43.7 Å². The zero-order chi connectivity index (χ0) is 12.4. The van der Waals surface area contributed by atoms with E-state index in [4.69, 9.17) is 5.73 Å². The first kappa shape index (κ1) is 12.6. The third-order valence-electron chi connectivity index (χ3n) is 2.11. The van der Waals surface area contributed by atoms with Crippen LogP contribution in [0.3, 0.4) is 0 Å². The highest BCUT2D eigenvalue weighted by Crippen LogP contribution is 2.19. The van der Waals surface area contributed by atoms with Gasteiger partial charge in [0.25, 0.3) is 0 Å². The van der Waals surface area contributed by atoms with Gasteiger partial charge in [0.05, 0.1) is 18.1 Å². The lowest BCUT2D eigenvalue weighted by molar-refractivity contribution is 0.897. The predicted molar refractivity (Wildman–Crippen MR) is 81.2 cm³/mol. The molecule has 0 aliphatic rings. The third kappa shape index (κ3) is 3.06. The van der Waals surface area contributed by atoms with Crippen molar-refractivity contribution >= 4 is 50.7 Å². The Balaban J connectivity index is 2.26. The molecule has 2 N–H and O–H groups in total. The molecule has 1 aromatic carbocycles. The third-order valence-corrected chi connectivity index (χ3v) is 4.45. The molecule has 0 amide bonds. The zero-order valence-corrected chi connectivity index (χ0v) is 12.8. The normalized spacial score (nSPS) is 11.2. The summed E-state index contributed by atoms with van der Waals surface area (Å²) in [6.45, 7) is 1.88. The molecule has 1 heterocycles. The maximum Gasteiger partial charge on any atom is 0.221 e. The Morgan fingerprint density at radius 1 is 1.53 bits per heavy atom. The highest BCUT2D eigenvalue weighted by Gasteiger charge is 1.99. The van der Waals surface area contributed by atoms with Crippen molar-refractivity contribution in [2.45, 2.75) is 6.92 Å². The lowest BCUT2D eigenvalue weighted by Gasteiger charge is -1.98. The first-order valence-electron chi connectivity index (χ1n) is 4.87. The molecule has 1 aromatic heterocycles. The number of aromatic nitrogens is 2.